The van der Waals surface area contributed by atoms with Crippen LogP contribution >= 0.6 is 12.8 Å². The zero-order valence-corrected chi connectivity index (χ0v) is 7.03. The van der Waals surface area contributed by atoms with Crippen molar-refractivity contribution in [2.75, 3.05) is 26.2 Å². The Morgan fingerprint density at radius 2 is 2.09 bits per heavy atom. The predicted molar refractivity (Wildman–Crippen MR) is 45.1 cm³/mol. The summed E-state index contributed by atoms with van der Waals surface area (Å²) in [5.74, 6) is 0. The first-order chi connectivity index (χ1) is 5.34. The van der Waals surface area contributed by atoms with Crippen molar-refractivity contribution < 1.29 is 4.79 Å². The molecule has 0 saturated carbocycles. The smallest absolute Gasteiger partial charge is 0.321 e. The molecule has 1 saturated heterocycles. The molecule has 6 heteroatoms. The van der Waals surface area contributed by atoms with Gasteiger partial charge in [-0.2, -0.15) is 4.83 Å². The Bertz CT molecular complexity index is 136. The summed E-state index contributed by atoms with van der Waals surface area (Å²) < 4.78 is 0. The van der Waals surface area contributed by atoms with Gasteiger partial charge in [0.2, 0.25) is 0 Å². The summed E-state index contributed by atoms with van der Waals surface area (Å²) >= 11 is 3.66. The fourth-order valence-corrected chi connectivity index (χ4v) is 1.09. The maximum Gasteiger partial charge on any atom is 0.332 e. The van der Waals surface area contributed by atoms with Crippen LogP contribution in [-0.2, 0) is 0 Å². The molecule has 0 unspecified atom stereocenters. The molecule has 3 N–H and O–H groups in total. The molecular formula is C5H12N4OS. The highest BCUT2D eigenvalue weighted by atomic mass is 32.1. The highest BCUT2D eigenvalue weighted by Gasteiger charge is 2.14. The maximum absolute atomic E-state index is 11.1. The van der Waals surface area contributed by atoms with E-state index in [2.05, 4.69) is 28.4 Å². The molecule has 0 aromatic rings. The standard InChI is InChI=1S/C5H12N4OS/c10-5(7-8-11)9-3-1-6-2-4-9/h6,8,11H,1-4H2,(H,7,10). The Kier molecular flexibility index (Phi) is 3.47. The zero-order valence-electron chi connectivity index (χ0n) is 6.13. The second kappa shape index (κ2) is 4.42. The monoisotopic (exact) mass is 176 g/mol. The van der Waals surface area contributed by atoms with Crippen molar-refractivity contribution >= 4 is 18.8 Å². The fourth-order valence-electron chi connectivity index (χ4n) is 0.995. The lowest BCUT2D eigenvalue weighted by Crippen LogP contribution is -2.51. The van der Waals surface area contributed by atoms with E-state index in [1.54, 1.807) is 4.90 Å². The molecule has 0 aromatic carbocycles. The minimum atomic E-state index is -0.124. The molecule has 5 nitrogen and oxygen atoms in total. The molecule has 0 spiro atoms. The first-order valence-electron chi connectivity index (χ1n) is 3.49. The van der Waals surface area contributed by atoms with Gasteiger partial charge in [-0.1, -0.05) is 12.8 Å². The number of hydrogen-bond donors (Lipinski definition) is 4. The third-order valence-electron chi connectivity index (χ3n) is 1.57. The molecule has 11 heavy (non-hydrogen) atoms. The van der Waals surface area contributed by atoms with Crippen molar-refractivity contribution in [2.24, 2.45) is 0 Å². The number of nitrogens with zero attached hydrogens (tertiary/aromatic N) is 1. The molecule has 1 rings (SSSR count). The Labute approximate surface area is 71.0 Å². The molecule has 64 valence electrons. The number of rotatable bonds is 1. The molecule has 1 aliphatic heterocycles. The number of urea groups is 1. The van der Waals surface area contributed by atoms with Crippen molar-refractivity contribution in [3.63, 3.8) is 0 Å². The summed E-state index contributed by atoms with van der Waals surface area (Å²) in [6, 6.07) is -0.124. The topological polar surface area (TPSA) is 56.4 Å². The van der Waals surface area contributed by atoms with Crippen molar-refractivity contribution in [3.8, 4) is 0 Å². The van der Waals surface area contributed by atoms with Gasteiger partial charge in [0.05, 0.1) is 0 Å². The molecule has 0 radical (unpaired) electrons. The summed E-state index contributed by atoms with van der Waals surface area (Å²) in [7, 11) is 0. The van der Waals surface area contributed by atoms with E-state index in [9.17, 15) is 4.79 Å². The molecule has 1 fully saturated rings. The predicted octanol–water partition coefficient (Wildman–Crippen LogP) is -1.05. The third-order valence-corrected chi connectivity index (χ3v) is 1.68. The van der Waals surface area contributed by atoms with E-state index < -0.39 is 0 Å². The van der Waals surface area contributed by atoms with Crippen molar-refractivity contribution in [2.45, 2.75) is 0 Å². The quantitative estimate of drug-likeness (QED) is 0.305. The van der Waals surface area contributed by atoms with Crippen molar-refractivity contribution in [3.05, 3.63) is 0 Å². The van der Waals surface area contributed by atoms with E-state index in [4.69, 9.17) is 0 Å². The first kappa shape index (κ1) is 8.63. The van der Waals surface area contributed by atoms with Crippen molar-refractivity contribution in [1.82, 2.24) is 20.5 Å². The van der Waals surface area contributed by atoms with Gasteiger partial charge in [0.1, 0.15) is 0 Å². The van der Waals surface area contributed by atoms with Gasteiger partial charge in [-0.3, -0.25) is 5.43 Å². The highest BCUT2D eigenvalue weighted by molar-refractivity contribution is 7.78. The highest BCUT2D eigenvalue weighted by Crippen LogP contribution is 1.91. The second-order valence-electron chi connectivity index (χ2n) is 2.28. The molecule has 0 aromatic heterocycles. The van der Waals surface area contributed by atoms with E-state index >= 15 is 0 Å². The Morgan fingerprint density at radius 1 is 1.45 bits per heavy atom. The van der Waals surface area contributed by atoms with Gasteiger partial charge in [-0.15, -0.1) is 0 Å². The van der Waals surface area contributed by atoms with Gasteiger partial charge in [0, 0.05) is 26.2 Å². The normalized spacial score (nSPS) is 18.1. The largest absolute Gasteiger partial charge is 0.332 e. The number of piperazine rings is 1. The van der Waals surface area contributed by atoms with Crippen LogP contribution in [0.2, 0.25) is 0 Å². The van der Waals surface area contributed by atoms with Crippen LogP contribution in [0.4, 0.5) is 4.79 Å². The number of carbonyl (C=O) groups excluding carboxylic acids is 1. The Hall–Kier alpha value is -0.460. The minimum Gasteiger partial charge on any atom is -0.321 e. The molecular weight excluding hydrogens is 164 g/mol. The molecule has 0 bridgehead atoms. The van der Waals surface area contributed by atoms with Crippen LogP contribution in [0.25, 0.3) is 0 Å². The van der Waals surface area contributed by atoms with Crippen LogP contribution in [0.15, 0.2) is 0 Å². The average Bonchev–Trinajstić information content (AvgIpc) is 2.07. The van der Waals surface area contributed by atoms with E-state index in [1.807, 2.05) is 0 Å². The fraction of sp³-hybridized carbons (Fsp3) is 0.800. The summed E-state index contributed by atoms with van der Waals surface area (Å²) in [4.78, 5) is 15.1. The average molecular weight is 176 g/mol. The number of amides is 2. The minimum absolute atomic E-state index is 0.124. The summed E-state index contributed by atoms with van der Waals surface area (Å²) in [5, 5.41) is 3.15. The number of thiol groups is 1. The molecule has 1 aliphatic rings. The second-order valence-corrected chi connectivity index (χ2v) is 2.50. The lowest BCUT2D eigenvalue weighted by Gasteiger charge is -2.26. The summed E-state index contributed by atoms with van der Waals surface area (Å²) in [5.41, 5.74) is 2.39. The third kappa shape index (κ3) is 2.57. The van der Waals surface area contributed by atoms with Gasteiger partial charge in [0.25, 0.3) is 0 Å². The number of hydrogen-bond acceptors (Lipinski definition) is 4. The van der Waals surface area contributed by atoms with Gasteiger partial charge in [0.15, 0.2) is 0 Å². The van der Waals surface area contributed by atoms with E-state index in [0.717, 1.165) is 26.2 Å². The van der Waals surface area contributed by atoms with E-state index in [0.29, 0.717) is 0 Å². The summed E-state index contributed by atoms with van der Waals surface area (Å²) in [6.07, 6.45) is 0. The number of carbonyl (C=O) groups is 1. The Balaban J connectivity index is 2.27. The van der Waals surface area contributed by atoms with E-state index in [-0.39, 0.29) is 6.03 Å². The lowest BCUT2D eigenvalue weighted by atomic mass is 10.4. The summed E-state index contributed by atoms with van der Waals surface area (Å²) in [6.45, 7) is 3.22. The van der Waals surface area contributed by atoms with Crippen molar-refractivity contribution in [1.29, 1.82) is 0 Å². The zero-order chi connectivity index (χ0) is 8.10. The first-order valence-corrected chi connectivity index (χ1v) is 3.94. The Morgan fingerprint density at radius 3 is 2.64 bits per heavy atom. The maximum atomic E-state index is 11.1. The lowest BCUT2D eigenvalue weighted by molar-refractivity contribution is 0.189. The van der Waals surface area contributed by atoms with Gasteiger partial charge in [-0.25, -0.2) is 4.79 Å². The molecule has 0 atom stereocenters. The van der Waals surface area contributed by atoms with Crippen LogP contribution in [0, 0.1) is 0 Å². The van der Waals surface area contributed by atoms with Crippen LogP contribution in [0.5, 0.6) is 0 Å². The number of hydrazine groups is 1. The van der Waals surface area contributed by atoms with Crippen LogP contribution < -0.4 is 15.6 Å². The van der Waals surface area contributed by atoms with E-state index in [1.165, 1.54) is 0 Å². The van der Waals surface area contributed by atoms with Crippen LogP contribution in [0.1, 0.15) is 0 Å². The van der Waals surface area contributed by atoms with Crippen LogP contribution in [-0.4, -0.2) is 37.1 Å². The van der Waals surface area contributed by atoms with Gasteiger partial charge < -0.3 is 10.2 Å². The number of nitrogens with one attached hydrogen (secondary N) is 3. The molecule has 1 heterocycles. The molecule has 0 aliphatic carbocycles. The van der Waals surface area contributed by atoms with Gasteiger partial charge >= 0.3 is 6.03 Å². The molecule has 2 amide bonds. The SMILES string of the molecule is O=C(NNS)N1CCNCC1. The van der Waals surface area contributed by atoms with Crippen LogP contribution in [0.3, 0.4) is 0 Å². The van der Waals surface area contributed by atoms with Gasteiger partial charge in [-0.05, 0) is 0 Å².